The Morgan fingerprint density at radius 1 is 1.70 bits per heavy atom. The van der Waals surface area contributed by atoms with Gasteiger partial charge in [0.1, 0.15) is 0 Å². The van der Waals surface area contributed by atoms with Gasteiger partial charge in [-0.05, 0) is 25.8 Å². The van der Waals surface area contributed by atoms with Crippen molar-refractivity contribution in [2.45, 2.75) is 30.9 Å². The van der Waals surface area contributed by atoms with Crippen LogP contribution >= 0.6 is 12.6 Å². The smallest absolute Gasteiger partial charge is 0.0929 e. The fourth-order valence-electron chi connectivity index (χ4n) is 1.27. The van der Waals surface area contributed by atoms with Crippen LogP contribution in [-0.4, -0.2) is 11.9 Å². The van der Waals surface area contributed by atoms with E-state index in [0.29, 0.717) is 0 Å². The second kappa shape index (κ2) is 2.87. The number of hydrogen-bond acceptors (Lipinski definition) is 2. The fourth-order valence-corrected chi connectivity index (χ4v) is 1.57. The second-order valence-electron chi connectivity index (χ2n) is 3.03. The van der Waals surface area contributed by atoms with Gasteiger partial charge in [0.15, 0.2) is 0 Å². The lowest BCUT2D eigenvalue weighted by atomic mass is 9.95. The molecule has 1 rings (SSSR count). The van der Waals surface area contributed by atoms with E-state index in [-0.39, 0.29) is 4.75 Å². The Labute approximate surface area is 67.9 Å². The van der Waals surface area contributed by atoms with E-state index in [1.807, 2.05) is 0 Å². The maximum Gasteiger partial charge on any atom is 0.0929 e. The van der Waals surface area contributed by atoms with Crippen molar-refractivity contribution in [2.24, 2.45) is 0 Å². The third-order valence-corrected chi connectivity index (χ3v) is 2.19. The monoisotopic (exact) mass is 158 g/mol. The molecule has 0 aliphatic heterocycles. The first-order valence-corrected chi connectivity index (χ1v) is 4.07. The molecule has 1 aliphatic carbocycles. The Kier molecular flexibility index (Phi) is 2.29. The topological polar surface area (TPSA) is 9.23 Å². The highest BCUT2D eigenvalue weighted by Gasteiger charge is 2.21. The summed E-state index contributed by atoms with van der Waals surface area (Å²) in [5.41, 5.74) is 0. The first-order chi connectivity index (χ1) is 4.64. The largest absolute Gasteiger partial charge is 0.501 e. The van der Waals surface area contributed by atoms with E-state index in [4.69, 9.17) is 4.74 Å². The molecule has 0 amide bonds. The summed E-state index contributed by atoms with van der Waals surface area (Å²) >= 11 is 4.47. The van der Waals surface area contributed by atoms with Crippen LogP contribution < -0.4 is 0 Å². The van der Waals surface area contributed by atoms with Crippen LogP contribution in [0.4, 0.5) is 0 Å². The third-order valence-electron chi connectivity index (χ3n) is 1.84. The molecule has 0 bridgehead atoms. The van der Waals surface area contributed by atoms with Crippen molar-refractivity contribution < 1.29 is 4.74 Å². The van der Waals surface area contributed by atoms with Crippen molar-refractivity contribution in [3.63, 3.8) is 0 Å². The minimum atomic E-state index is 0.0591. The molecular formula is C8H14OS. The molecule has 1 atom stereocenters. The van der Waals surface area contributed by atoms with Crippen molar-refractivity contribution in [2.75, 3.05) is 7.11 Å². The van der Waals surface area contributed by atoms with E-state index >= 15 is 0 Å². The van der Waals surface area contributed by atoms with Crippen molar-refractivity contribution >= 4 is 12.6 Å². The summed E-state index contributed by atoms with van der Waals surface area (Å²) in [5.74, 6) is 1.09. The molecule has 58 valence electrons. The van der Waals surface area contributed by atoms with E-state index in [1.54, 1.807) is 7.11 Å². The normalized spacial score (nSPS) is 33.3. The van der Waals surface area contributed by atoms with Crippen molar-refractivity contribution in [1.29, 1.82) is 0 Å². The van der Waals surface area contributed by atoms with Gasteiger partial charge in [-0.2, -0.15) is 12.6 Å². The molecule has 0 radical (unpaired) electrons. The lowest BCUT2D eigenvalue weighted by molar-refractivity contribution is 0.262. The molecule has 1 nitrogen and oxygen atoms in total. The number of rotatable bonds is 1. The highest BCUT2D eigenvalue weighted by Crippen LogP contribution is 2.31. The molecule has 2 heteroatoms. The molecular weight excluding hydrogens is 144 g/mol. The number of methoxy groups -OCH3 is 1. The van der Waals surface area contributed by atoms with Gasteiger partial charge in [0.2, 0.25) is 0 Å². The molecule has 0 spiro atoms. The maximum absolute atomic E-state index is 5.14. The number of allylic oxidation sites excluding steroid dienone is 1. The molecule has 10 heavy (non-hydrogen) atoms. The predicted octanol–water partition coefficient (Wildman–Crippen LogP) is 2.39. The fraction of sp³-hybridized carbons (Fsp3) is 0.750. The molecule has 0 aromatic rings. The summed E-state index contributed by atoms with van der Waals surface area (Å²) in [6.07, 6.45) is 5.54. The summed E-state index contributed by atoms with van der Waals surface area (Å²) in [6.45, 7) is 2.12. The number of thiol groups is 1. The SMILES string of the molecule is COC1=CC(C)(S)CCC1. The molecule has 0 saturated carbocycles. The van der Waals surface area contributed by atoms with Gasteiger partial charge in [0, 0.05) is 11.2 Å². The van der Waals surface area contributed by atoms with Crippen LogP contribution in [0.15, 0.2) is 11.8 Å². The van der Waals surface area contributed by atoms with Gasteiger partial charge in [-0.1, -0.05) is 0 Å². The Bertz CT molecular complexity index is 149. The summed E-state index contributed by atoms with van der Waals surface area (Å²) < 4.78 is 5.20. The van der Waals surface area contributed by atoms with Gasteiger partial charge in [0.25, 0.3) is 0 Å². The first kappa shape index (κ1) is 7.99. The van der Waals surface area contributed by atoms with Gasteiger partial charge in [-0.25, -0.2) is 0 Å². The summed E-state index contributed by atoms with van der Waals surface area (Å²) in [6, 6.07) is 0. The third kappa shape index (κ3) is 1.94. The summed E-state index contributed by atoms with van der Waals surface area (Å²) in [4.78, 5) is 0. The summed E-state index contributed by atoms with van der Waals surface area (Å²) in [7, 11) is 1.72. The Morgan fingerprint density at radius 3 is 2.80 bits per heavy atom. The van der Waals surface area contributed by atoms with Crippen molar-refractivity contribution in [3.8, 4) is 0 Å². The zero-order valence-corrected chi connectivity index (χ0v) is 7.45. The minimum absolute atomic E-state index is 0.0591. The molecule has 0 fully saturated rings. The molecule has 0 heterocycles. The zero-order chi connectivity index (χ0) is 7.61. The highest BCUT2D eigenvalue weighted by molar-refractivity contribution is 7.82. The van der Waals surface area contributed by atoms with E-state index in [0.717, 1.165) is 18.6 Å². The lowest BCUT2D eigenvalue weighted by Gasteiger charge is -2.25. The van der Waals surface area contributed by atoms with Gasteiger partial charge in [0.05, 0.1) is 12.9 Å². The Hall–Kier alpha value is -0.110. The van der Waals surface area contributed by atoms with Crippen LogP contribution in [0.1, 0.15) is 26.2 Å². The number of hydrogen-bond donors (Lipinski definition) is 1. The van der Waals surface area contributed by atoms with Crippen LogP contribution in [0.2, 0.25) is 0 Å². The highest BCUT2D eigenvalue weighted by atomic mass is 32.1. The van der Waals surface area contributed by atoms with Gasteiger partial charge < -0.3 is 4.74 Å². The zero-order valence-electron chi connectivity index (χ0n) is 6.55. The number of ether oxygens (including phenoxy) is 1. The molecule has 0 aromatic heterocycles. The van der Waals surface area contributed by atoms with Crippen LogP contribution in [0.5, 0.6) is 0 Å². The average Bonchev–Trinajstić information content (AvgIpc) is 1.86. The van der Waals surface area contributed by atoms with E-state index < -0.39 is 0 Å². The van der Waals surface area contributed by atoms with Crippen LogP contribution in [0, 0.1) is 0 Å². The maximum atomic E-state index is 5.14. The summed E-state index contributed by atoms with van der Waals surface area (Å²) in [5, 5.41) is 0. The van der Waals surface area contributed by atoms with Crippen LogP contribution in [-0.2, 0) is 4.74 Å². The van der Waals surface area contributed by atoms with Crippen molar-refractivity contribution in [1.82, 2.24) is 0 Å². The molecule has 0 aromatic carbocycles. The molecule has 1 unspecified atom stereocenters. The van der Waals surface area contributed by atoms with Crippen molar-refractivity contribution in [3.05, 3.63) is 11.8 Å². The molecule has 0 N–H and O–H groups in total. The van der Waals surface area contributed by atoms with Gasteiger partial charge >= 0.3 is 0 Å². The van der Waals surface area contributed by atoms with Gasteiger partial charge in [-0.15, -0.1) is 0 Å². The molecule has 1 aliphatic rings. The van der Waals surface area contributed by atoms with E-state index in [2.05, 4.69) is 25.6 Å². The van der Waals surface area contributed by atoms with Crippen LogP contribution in [0.25, 0.3) is 0 Å². The predicted molar refractivity (Wildman–Crippen MR) is 46.3 cm³/mol. The van der Waals surface area contributed by atoms with E-state index in [1.165, 1.54) is 6.42 Å². The molecule has 0 saturated heterocycles. The Balaban J connectivity index is 2.66. The second-order valence-corrected chi connectivity index (χ2v) is 4.05. The van der Waals surface area contributed by atoms with E-state index in [9.17, 15) is 0 Å². The average molecular weight is 158 g/mol. The standard InChI is InChI=1S/C8H14OS/c1-8(10)5-3-4-7(6-8)9-2/h6,10H,3-5H2,1-2H3. The minimum Gasteiger partial charge on any atom is -0.501 e. The lowest BCUT2D eigenvalue weighted by Crippen LogP contribution is -2.17. The Morgan fingerprint density at radius 2 is 2.40 bits per heavy atom. The first-order valence-electron chi connectivity index (χ1n) is 3.62. The quantitative estimate of drug-likeness (QED) is 0.576. The van der Waals surface area contributed by atoms with Gasteiger partial charge in [-0.3, -0.25) is 0 Å². The van der Waals surface area contributed by atoms with Crippen LogP contribution in [0.3, 0.4) is 0 Å².